The number of hydrogen-bond acceptors (Lipinski definition) is 5. The van der Waals surface area contributed by atoms with Gasteiger partial charge in [0.1, 0.15) is 24.4 Å². The maximum Gasteiger partial charge on any atom is 0.186 e. The van der Waals surface area contributed by atoms with Crippen molar-refractivity contribution in [3.05, 3.63) is 0 Å². The van der Waals surface area contributed by atoms with Crippen LogP contribution in [0.5, 0.6) is 0 Å². The van der Waals surface area contributed by atoms with Gasteiger partial charge in [0.05, 0.1) is 19.8 Å². The minimum atomic E-state index is -0.718. The summed E-state index contributed by atoms with van der Waals surface area (Å²) in [4.78, 5) is 0. The van der Waals surface area contributed by atoms with Crippen LogP contribution < -0.4 is 0 Å². The Morgan fingerprint density at radius 3 is 2.62 bits per heavy atom. The summed E-state index contributed by atoms with van der Waals surface area (Å²) in [5, 5.41) is 9.74. The molecule has 2 bridgehead atoms. The van der Waals surface area contributed by atoms with Gasteiger partial charge in [0.25, 0.3) is 0 Å². The average molecular weight is 188 g/mol. The Labute approximate surface area is 75.5 Å². The normalized spacial score (nSPS) is 54.7. The van der Waals surface area contributed by atoms with E-state index in [0.29, 0.717) is 19.8 Å². The molecule has 0 aromatic carbocycles. The summed E-state index contributed by atoms with van der Waals surface area (Å²) in [6.07, 6.45) is -1.75. The fraction of sp³-hybridized carbons (Fsp3) is 1.00. The van der Waals surface area contributed by atoms with Gasteiger partial charge in [-0.1, -0.05) is 0 Å². The van der Waals surface area contributed by atoms with Crippen molar-refractivity contribution in [3.8, 4) is 0 Å². The first-order valence-electron chi connectivity index (χ1n) is 4.54. The summed E-state index contributed by atoms with van der Waals surface area (Å²) in [6, 6.07) is 0. The Hall–Kier alpha value is -0.200. The number of hydrogen-bond donors (Lipinski definition) is 1. The monoisotopic (exact) mass is 188 g/mol. The van der Waals surface area contributed by atoms with Gasteiger partial charge in [-0.2, -0.15) is 0 Å². The van der Waals surface area contributed by atoms with E-state index in [2.05, 4.69) is 0 Å². The number of rotatable bonds is 0. The third-order valence-corrected chi connectivity index (χ3v) is 2.74. The van der Waals surface area contributed by atoms with Crippen molar-refractivity contribution in [3.63, 3.8) is 0 Å². The molecular formula is C8H12O5. The van der Waals surface area contributed by atoms with Gasteiger partial charge in [-0.05, 0) is 0 Å². The maximum absolute atomic E-state index is 9.74. The topological polar surface area (TPSA) is 57.2 Å². The van der Waals surface area contributed by atoms with Crippen molar-refractivity contribution in [1.82, 2.24) is 0 Å². The van der Waals surface area contributed by atoms with Gasteiger partial charge >= 0.3 is 0 Å². The number of fused-ring (bicyclic) bond motifs is 4. The van der Waals surface area contributed by atoms with Gasteiger partial charge in [0, 0.05) is 0 Å². The van der Waals surface area contributed by atoms with Crippen molar-refractivity contribution < 1.29 is 24.1 Å². The molecule has 5 nitrogen and oxygen atoms in total. The number of ether oxygens (including phenoxy) is 4. The standard InChI is InChI=1S/C8H12O5/c9-5-7-6(10-1-2-11-7)4-3-12-8(5)13-4/h4-9H,1-3H2/t4-,5+,6-,7+,8-/m1/s1. The molecule has 3 heterocycles. The second-order valence-electron chi connectivity index (χ2n) is 3.54. The van der Waals surface area contributed by atoms with Gasteiger partial charge in [-0.15, -0.1) is 0 Å². The van der Waals surface area contributed by atoms with Crippen molar-refractivity contribution >= 4 is 0 Å². The first-order chi connectivity index (χ1) is 6.36. The molecule has 13 heavy (non-hydrogen) atoms. The molecule has 74 valence electrons. The molecule has 3 aliphatic rings. The van der Waals surface area contributed by atoms with E-state index in [1.807, 2.05) is 0 Å². The van der Waals surface area contributed by atoms with Crippen LogP contribution in [0.25, 0.3) is 0 Å². The van der Waals surface area contributed by atoms with Crippen LogP contribution >= 0.6 is 0 Å². The van der Waals surface area contributed by atoms with E-state index in [4.69, 9.17) is 18.9 Å². The summed E-state index contributed by atoms with van der Waals surface area (Å²) in [5.74, 6) is 0. The minimum Gasteiger partial charge on any atom is -0.385 e. The SMILES string of the molecule is O[C@@H]1[C@@H]2OC[C@@H](O2)[C@H]2OCCO[C@@H]12. The Morgan fingerprint density at radius 2 is 1.77 bits per heavy atom. The molecule has 3 fully saturated rings. The smallest absolute Gasteiger partial charge is 0.186 e. The highest BCUT2D eigenvalue weighted by atomic mass is 16.8. The number of aliphatic hydroxyl groups is 1. The van der Waals surface area contributed by atoms with Crippen LogP contribution in [0.3, 0.4) is 0 Å². The van der Waals surface area contributed by atoms with Gasteiger partial charge in [0.2, 0.25) is 0 Å². The molecular weight excluding hydrogens is 176 g/mol. The molecule has 5 heteroatoms. The third-order valence-electron chi connectivity index (χ3n) is 2.74. The first kappa shape index (κ1) is 8.14. The fourth-order valence-corrected chi connectivity index (χ4v) is 2.12. The molecule has 3 rings (SSSR count). The molecule has 0 aromatic rings. The van der Waals surface area contributed by atoms with Crippen molar-refractivity contribution in [2.45, 2.75) is 30.7 Å². The molecule has 0 unspecified atom stereocenters. The molecule has 0 saturated carbocycles. The predicted molar refractivity (Wildman–Crippen MR) is 40.1 cm³/mol. The number of aliphatic hydroxyl groups excluding tert-OH is 1. The van der Waals surface area contributed by atoms with Crippen molar-refractivity contribution in [2.24, 2.45) is 0 Å². The molecule has 0 amide bonds. The van der Waals surface area contributed by atoms with Crippen LogP contribution in [0.4, 0.5) is 0 Å². The highest BCUT2D eigenvalue weighted by molar-refractivity contribution is 4.96. The van der Waals surface area contributed by atoms with Crippen LogP contribution in [-0.2, 0) is 18.9 Å². The molecule has 1 N–H and O–H groups in total. The van der Waals surface area contributed by atoms with Crippen LogP contribution in [0, 0.1) is 0 Å². The third kappa shape index (κ3) is 1.12. The molecule has 3 saturated heterocycles. The zero-order valence-electron chi connectivity index (χ0n) is 7.09. The molecule has 0 aromatic heterocycles. The van der Waals surface area contributed by atoms with E-state index < -0.39 is 12.4 Å². The lowest BCUT2D eigenvalue weighted by atomic mass is 10.00. The van der Waals surface area contributed by atoms with Gasteiger partial charge < -0.3 is 24.1 Å². The summed E-state index contributed by atoms with van der Waals surface area (Å²) in [5.41, 5.74) is 0. The lowest BCUT2D eigenvalue weighted by Crippen LogP contribution is -2.58. The zero-order valence-corrected chi connectivity index (χ0v) is 7.09. The molecule has 0 aliphatic carbocycles. The average Bonchev–Trinajstić information content (AvgIpc) is 2.61. The zero-order chi connectivity index (χ0) is 8.84. The van der Waals surface area contributed by atoms with Gasteiger partial charge in [-0.3, -0.25) is 0 Å². The second-order valence-corrected chi connectivity index (χ2v) is 3.54. The quantitative estimate of drug-likeness (QED) is 0.522. The largest absolute Gasteiger partial charge is 0.385 e. The Bertz CT molecular complexity index is 203. The van der Waals surface area contributed by atoms with E-state index in [1.165, 1.54) is 0 Å². The van der Waals surface area contributed by atoms with Gasteiger partial charge in [0.15, 0.2) is 6.29 Å². The summed E-state index contributed by atoms with van der Waals surface area (Å²) in [6.45, 7) is 1.60. The maximum atomic E-state index is 9.74. The Balaban J connectivity index is 1.85. The van der Waals surface area contributed by atoms with Gasteiger partial charge in [-0.25, -0.2) is 0 Å². The minimum absolute atomic E-state index is 0.0706. The van der Waals surface area contributed by atoms with Crippen LogP contribution in [0.2, 0.25) is 0 Å². The van der Waals surface area contributed by atoms with Crippen molar-refractivity contribution in [2.75, 3.05) is 19.8 Å². The molecule has 5 atom stereocenters. The van der Waals surface area contributed by atoms with E-state index in [1.54, 1.807) is 0 Å². The van der Waals surface area contributed by atoms with E-state index in [0.717, 1.165) is 0 Å². The fourth-order valence-electron chi connectivity index (χ4n) is 2.12. The summed E-state index contributed by atoms with van der Waals surface area (Å²) >= 11 is 0. The molecule has 0 spiro atoms. The lowest BCUT2D eigenvalue weighted by molar-refractivity contribution is -0.274. The highest BCUT2D eigenvalue weighted by Gasteiger charge is 2.52. The van der Waals surface area contributed by atoms with E-state index in [9.17, 15) is 5.11 Å². The second kappa shape index (κ2) is 2.90. The van der Waals surface area contributed by atoms with E-state index in [-0.39, 0.29) is 18.3 Å². The Morgan fingerprint density at radius 1 is 1.00 bits per heavy atom. The van der Waals surface area contributed by atoms with Crippen LogP contribution in [0.1, 0.15) is 0 Å². The summed E-state index contributed by atoms with van der Waals surface area (Å²) < 4.78 is 21.6. The summed E-state index contributed by atoms with van der Waals surface area (Å²) in [7, 11) is 0. The van der Waals surface area contributed by atoms with E-state index >= 15 is 0 Å². The first-order valence-corrected chi connectivity index (χ1v) is 4.54. The highest BCUT2D eigenvalue weighted by Crippen LogP contribution is 2.32. The molecule has 0 radical (unpaired) electrons. The van der Waals surface area contributed by atoms with Crippen molar-refractivity contribution in [1.29, 1.82) is 0 Å². The predicted octanol–water partition coefficient (Wildman–Crippen LogP) is -1.11. The van der Waals surface area contributed by atoms with Crippen LogP contribution in [-0.4, -0.2) is 55.6 Å². The molecule has 3 aliphatic heterocycles. The Kier molecular flexibility index (Phi) is 1.81. The van der Waals surface area contributed by atoms with Crippen LogP contribution in [0.15, 0.2) is 0 Å². The lowest BCUT2D eigenvalue weighted by Gasteiger charge is -2.40.